The average molecular weight is 290 g/mol. The Bertz CT molecular complexity index is 403. The molecule has 0 atom stereocenters. The molecule has 0 bridgehead atoms. The number of hydrogen-bond donors (Lipinski definition) is 1. The van der Waals surface area contributed by atoms with Crippen molar-refractivity contribution >= 4 is 5.91 Å². The lowest BCUT2D eigenvalue weighted by atomic mass is 10.1. The molecule has 1 aromatic carbocycles. The monoisotopic (exact) mass is 290 g/mol. The van der Waals surface area contributed by atoms with Gasteiger partial charge in [-0.3, -0.25) is 9.69 Å². The first-order valence-corrected chi connectivity index (χ1v) is 7.95. The summed E-state index contributed by atoms with van der Waals surface area (Å²) in [6, 6.07) is 10.2. The fraction of sp³-hybridized carbons (Fsp3) is 0.588. The maximum Gasteiger partial charge on any atom is 0.220 e. The van der Waals surface area contributed by atoms with Gasteiger partial charge in [0.05, 0.1) is 13.2 Å². The van der Waals surface area contributed by atoms with Crippen LogP contribution in [0.25, 0.3) is 0 Å². The Morgan fingerprint density at radius 2 is 1.90 bits per heavy atom. The van der Waals surface area contributed by atoms with E-state index >= 15 is 0 Å². The van der Waals surface area contributed by atoms with E-state index in [0.29, 0.717) is 6.42 Å². The highest BCUT2D eigenvalue weighted by atomic mass is 16.5. The number of amides is 1. The number of aryl methyl sites for hydroxylation is 1. The third kappa shape index (κ3) is 6.74. The van der Waals surface area contributed by atoms with E-state index in [4.69, 9.17) is 4.74 Å². The summed E-state index contributed by atoms with van der Waals surface area (Å²) in [7, 11) is 0. The second-order valence-electron chi connectivity index (χ2n) is 5.50. The Morgan fingerprint density at radius 1 is 1.14 bits per heavy atom. The summed E-state index contributed by atoms with van der Waals surface area (Å²) in [4.78, 5) is 14.2. The van der Waals surface area contributed by atoms with Gasteiger partial charge in [0.2, 0.25) is 5.91 Å². The molecular formula is C17H26N2O2. The molecule has 1 N–H and O–H groups in total. The quantitative estimate of drug-likeness (QED) is 0.743. The molecule has 4 heteroatoms. The number of ether oxygens (including phenoxy) is 1. The molecule has 0 aromatic heterocycles. The minimum atomic E-state index is 0.158. The molecule has 0 saturated carbocycles. The Labute approximate surface area is 127 Å². The van der Waals surface area contributed by atoms with Gasteiger partial charge in [-0.25, -0.2) is 0 Å². The first kappa shape index (κ1) is 16.0. The molecule has 0 unspecified atom stereocenters. The van der Waals surface area contributed by atoms with Crippen LogP contribution in [-0.4, -0.2) is 50.2 Å². The average Bonchev–Trinajstić information content (AvgIpc) is 2.54. The van der Waals surface area contributed by atoms with Crippen LogP contribution in [0.3, 0.4) is 0 Å². The normalized spacial score (nSPS) is 15.8. The molecule has 21 heavy (non-hydrogen) atoms. The topological polar surface area (TPSA) is 41.6 Å². The van der Waals surface area contributed by atoms with Gasteiger partial charge in [-0.05, 0) is 31.4 Å². The summed E-state index contributed by atoms with van der Waals surface area (Å²) >= 11 is 0. The van der Waals surface area contributed by atoms with E-state index in [2.05, 4.69) is 22.3 Å². The summed E-state index contributed by atoms with van der Waals surface area (Å²) in [5.41, 5.74) is 1.22. The van der Waals surface area contributed by atoms with Crippen molar-refractivity contribution in [2.75, 3.05) is 39.4 Å². The van der Waals surface area contributed by atoms with Gasteiger partial charge >= 0.3 is 0 Å². The Hall–Kier alpha value is -1.39. The van der Waals surface area contributed by atoms with Gasteiger partial charge in [0, 0.05) is 26.1 Å². The van der Waals surface area contributed by atoms with E-state index in [9.17, 15) is 4.79 Å². The summed E-state index contributed by atoms with van der Waals surface area (Å²) in [6.45, 7) is 5.71. The minimum absolute atomic E-state index is 0.158. The van der Waals surface area contributed by atoms with Crippen molar-refractivity contribution in [2.24, 2.45) is 0 Å². The van der Waals surface area contributed by atoms with E-state index in [1.807, 2.05) is 18.2 Å². The zero-order valence-electron chi connectivity index (χ0n) is 12.7. The lowest BCUT2D eigenvalue weighted by Crippen LogP contribution is -2.37. The number of nitrogens with one attached hydrogen (secondary N) is 1. The second kappa shape index (κ2) is 9.53. The van der Waals surface area contributed by atoms with Crippen LogP contribution in [-0.2, 0) is 16.0 Å². The molecule has 1 saturated heterocycles. The van der Waals surface area contributed by atoms with E-state index < -0.39 is 0 Å². The molecule has 0 aliphatic carbocycles. The highest BCUT2D eigenvalue weighted by Crippen LogP contribution is 2.02. The zero-order valence-corrected chi connectivity index (χ0v) is 12.7. The van der Waals surface area contributed by atoms with Gasteiger partial charge in [0.15, 0.2) is 0 Å². The molecule has 1 aliphatic heterocycles. The molecule has 116 valence electrons. The summed E-state index contributed by atoms with van der Waals surface area (Å²) in [5, 5.41) is 3.01. The molecule has 2 rings (SSSR count). The van der Waals surface area contributed by atoms with Crippen molar-refractivity contribution in [3.8, 4) is 0 Å². The van der Waals surface area contributed by atoms with Gasteiger partial charge < -0.3 is 10.1 Å². The molecule has 1 amide bonds. The molecule has 1 fully saturated rings. The number of rotatable bonds is 8. The first-order valence-electron chi connectivity index (χ1n) is 7.95. The number of nitrogens with zero attached hydrogens (tertiary/aromatic N) is 1. The molecular weight excluding hydrogens is 264 g/mol. The molecule has 0 radical (unpaired) electrons. The minimum Gasteiger partial charge on any atom is -0.379 e. The smallest absolute Gasteiger partial charge is 0.220 e. The number of carbonyl (C=O) groups is 1. The Balaban J connectivity index is 1.47. The van der Waals surface area contributed by atoms with Crippen molar-refractivity contribution in [3.63, 3.8) is 0 Å². The van der Waals surface area contributed by atoms with E-state index in [1.54, 1.807) is 0 Å². The number of benzene rings is 1. The predicted molar refractivity (Wildman–Crippen MR) is 84.3 cm³/mol. The van der Waals surface area contributed by atoms with E-state index in [0.717, 1.165) is 58.7 Å². The molecule has 4 nitrogen and oxygen atoms in total. The van der Waals surface area contributed by atoms with Crippen LogP contribution < -0.4 is 5.32 Å². The van der Waals surface area contributed by atoms with Gasteiger partial charge in [-0.1, -0.05) is 30.3 Å². The number of unbranched alkanes of at least 4 members (excludes halogenated alkanes) is 1. The Morgan fingerprint density at radius 3 is 2.67 bits per heavy atom. The lowest BCUT2D eigenvalue weighted by molar-refractivity contribution is -0.121. The summed E-state index contributed by atoms with van der Waals surface area (Å²) < 4.78 is 5.32. The lowest BCUT2D eigenvalue weighted by Gasteiger charge is -2.26. The summed E-state index contributed by atoms with van der Waals surface area (Å²) in [6.07, 6.45) is 3.58. The highest BCUT2D eigenvalue weighted by Gasteiger charge is 2.09. The first-order chi connectivity index (χ1) is 10.3. The van der Waals surface area contributed by atoms with E-state index in [1.165, 1.54) is 5.56 Å². The van der Waals surface area contributed by atoms with Crippen molar-refractivity contribution < 1.29 is 9.53 Å². The maximum atomic E-state index is 11.7. The van der Waals surface area contributed by atoms with Crippen LogP contribution in [0.2, 0.25) is 0 Å². The highest BCUT2D eigenvalue weighted by molar-refractivity contribution is 5.76. The molecule has 0 spiro atoms. The standard InChI is InChI=1S/C17H26N2O2/c20-17(9-8-16-6-2-1-3-7-16)18-10-4-5-11-19-12-14-21-15-13-19/h1-3,6-7H,4-5,8-15H2,(H,18,20). The Kier molecular flexibility index (Phi) is 7.25. The van der Waals surface area contributed by atoms with Crippen LogP contribution in [0, 0.1) is 0 Å². The van der Waals surface area contributed by atoms with Crippen LogP contribution in [0.15, 0.2) is 30.3 Å². The van der Waals surface area contributed by atoms with E-state index in [-0.39, 0.29) is 5.91 Å². The predicted octanol–water partition coefficient (Wildman–Crippen LogP) is 1.85. The number of carbonyl (C=O) groups excluding carboxylic acids is 1. The van der Waals surface area contributed by atoms with Gasteiger partial charge in [-0.15, -0.1) is 0 Å². The second-order valence-corrected chi connectivity index (χ2v) is 5.50. The molecule has 1 aromatic rings. The van der Waals surface area contributed by atoms with Gasteiger partial charge in [-0.2, -0.15) is 0 Å². The van der Waals surface area contributed by atoms with Crippen molar-refractivity contribution in [3.05, 3.63) is 35.9 Å². The molecule has 1 aliphatic rings. The maximum absolute atomic E-state index is 11.7. The van der Waals surface area contributed by atoms with Crippen molar-refractivity contribution in [2.45, 2.75) is 25.7 Å². The number of hydrogen-bond acceptors (Lipinski definition) is 3. The largest absolute Gasteiger partial charge is 0.379 e. The third-order valence-electron chi connectivity index (χ3n) is 3.81. The van der Waals surface area contributed by atoms with Gasteiger partial charge in [0.1, 0.15) is 0 Å². The zero-order chi connectivity index (χ0) is 14.8. The van der Waals surface area contributed by atoms with Crippen molar-refractivity contribution in [1.82, 2.24) is 10.2 Å². The van der Waals surface area contributed by atoms with Gasteiger partial charge in [0.25, 0.3) is 0 Å². The van der Waals surface area contributed by atoms with Crippen LogP contribution in [0.1, 0.15) is 24.8 Å². The number of morpholine rings is 1. The summed E-state index contributed by atoms with van der Waals surface area (Å²) in [5.74, 6) is 0.158. The third-order valence-corrected chi connectivity index (χ3v) is 3.81. The fourth-order valence-corrected chi connectivity index (χ4v) is 2.50. The SMILES string of the molecule is O=C(CCc1ccccc1)NCCCCN1CCOCC1. The van der Waals surface area contributed by atoms with Crippen LogP contribution in [0.5, 0.6) is 0 Å². The fourth-order valence-electron chi connectivity index (χ4n) is 2.50. The molecule has 1 heterocycles. The van der Waals surface area contributed by atoms with Crippen LogP contribution >= 0.6 is 0 Å². The van der Waals surface area contributed by atoms with Crippen molar-refractivity contribution in [1.29, 1.82) is 0 Å². The van der Waals surface area contributed by atoms with Crippen LogP contribution in [0.4, 0.5) is 0 Å².